The van der Waals surface area contributed by atoms with Crippen molar-refractivity contribution in [1.82, 2.24) is 4.90 Å². The largest absolute Gasteiger partial charge is 0.495 e. The first-order valence-corrected chi connectivity index (χ1v) is 13.3. The van der Waals surface area contributed by atoms with Gasteiger partial charge in [-0.3, -0.25) is 13.9 Å². The van der Waals surface area contributed by atoms with Crippen molar-refractivity contribution in [1.29, 1.82) is 0 Å². The topological polar surface area (TPSA) is 93.2 Å². The molecule has 1 aliphatic heterocycles. The van der Waals surface area contributed by atoms with Crippen LogP contribution < -0.4 is 9.04 Å². The van der Waals surface area contributed by atoms with Crippen LogP contribution in [-0.2, 0) is 24.3 Å². The number of amides is 1. The third-order valence-corrected chi connectivity index (χ3v) is 8.36. The van der Waals surface area contributed by atoms with Crippen LogP contribution in [0.25, 0.3) is 0 Å². The summed E-state index contributed by atoms with van der Waals surface area (Å²) in [6.45, 7) is 4.01. The van der Waals surface area contributed by atoms with Crippen molar-refractivity contribution >= 4 is 50.8 Å². The van der Waals surface area contributed by atoms with Crippen molar-refractivity contribution in [3.8, 4) is 5.75 Å². The molecule has 0 N–H and O–H groups in total. The highest BCUT2D eigenvalue weighted by Gasteiger charge is 2.34. The number of halogens is 2. The number of carbonyl (C=O) groups excluding carboxylic acids is 2. The zero-order valence-corrected chi connectivity index (χ0v) is 22.1. The summed E-state index contributed by atoms with van der Waals surface area (Å²) >= 11 is 12.2. The monoisotopic (exact) mass is 542 g/mol. The van der Waals surface area contributed by atoms with Gasteiger partial charge in [-0.2, -0.15) is 0 Å². The molecule has 1 heterocycles. The maximum absolute atomic E-state index is 13.8. The van der Waals surface area contributed by atoms with Gasteiger partial charge in [0.25, 0.3) is 10.0 Å². The molecular formula is C24H28Cl2N2O6S. The molecule has 3 rings (SSSR count). The molecule has 11 heteroatoms. The summed E-state index contributed by atoms with van der Waals surface area (Å²) in [5.74, 6) is -0.784. The number of carbonyl (C=O) groups is 2. The Hall–Kier alpha value is -2.49. The second-order valence-corrected chi connectivity index (χ2v) is 10.8. The highest BCUT2D eigenvalue weighted by Crippen LogP contribution is 2.34. The van der Waals surface area contributed by atoms with Gasteiger partial charge in [-0.1, -0.05) is 29.3 Å². The zero-order valence-electron chi connectivity index (χ0n) is 19.8. The van der Waals surface area contributed by atoms with E-state index in [0.29, 0.717) is 38.1 Å². The Morgan fingerprint density at radius 3 is 2.37 bits per heavy atom. The number of hydrogen-bond acceptors (Lipinski definition) is 6. The number of ether oxygens (including phenoxy) is 2. The fourth-order valence-electron chi connectivity index (χ4n) is 3.91. The number of esters is 1. The molecule has 2 aromatic carbocycles. The molecule has 0 radical (unpaired) electrons. The van der Waals surface area contributed by atoms with Gasteiger partial charge < -0.3 is 14.4 Å². The number of methoxy groups -OCH3 is 1. The second-order valence-electron chi connectivity index (χ2n) is 8.17. The van der Waals surface area contributed by atoms with E-state index in [0.717, 1.165) is 4.31 Å². The molecule has 190 valence electrons. The van der Waals surface area contributed by atoms with E-state index >= 15 is 0 Å². The third-order valence-electron chi connectivity index (χ3n) is 5.82. The third kappa shape index (κ3) is 6.20. The molecular weight excluding hydrogens is 515 g/mol. The summed E-state index contributed by atoms with van der Waals surface area (Å²) in [6.07, 6.45) is 0.908. The van der Waals surface area contributed by atoms with Crippen molar-refractivity contribution in [2.75, 3.05) is 37.7 Å². The Balaban J connectivity index is 1.92. The molecule has 35 heavy (non-hydrogen) atoms. The minimum atomic E-state index is -4.23. The lowest BCUT2D eigenvalue weighted by atomic mass is 9.97. The number of sulfonamides is 1. The molecule has 8 nitrogen and oxygen atoms in total. The molecule has 0 bridgehead atoms. The Labute approximate surface area is 215 Å². The van der Waals surface area contributed by atoms with E-state index in [-0.39, 0.29) is 38.3 Å². The molecule has 0 aliphatic carbocycles. The Bertz CT molecular complexity index is 1200. The molecule has 2 aromatic rings. The molecule has 0 unspecified atom stereocenters. The lowest BCUT2D eigenvalue weighted by Crippen LogP contribution is -2.46. The van der Waals surface area contributed by atoms with Gasteiger partial charge in [-0.05, 0) is 62.6 Å². The van der Waals surface area contributed by atoms with Gasteiger partial charge in [-0.15, -0.1) is 0 Å². The molecule has 0 spiro atoms. The minimum Gasteiger partial charge on any atom is -0.495 e. The molecule has 0 aromatic heterocycles. The summed E-state index contributed by atoms with van der Waals surface area (Å²) in [6, 6.07) is 9.17. The standard InChI is InChI=1S/C24H28Cl2N2O6S/c1-4-34-24(30)17-9-11-27(12-10-17)23(29)15-28(18-6-7-19(25)20(26)14-18)35(31,32)22-13-16(2)5-8-21(22)33-3/h5-8,13-14,17H,4,9-12,15H2,1-3H3. The quantitative estimate of drug-likeness (QED) is 0.461. The maximum atomic E-state index is 13.8. The number of piperidine rings is 1. The highest BCUT2D eigenvalue weighted by molar-refractivity contribution is 7.93. The smallest absolute Gasteiger partial charge is 0.309 e. The van der Waals surface area contributed by atoms with Crippen molar-refractivity contribution in [3.63, 3.8) is 0 Å². The Kier molecular flexibility index (Phi) is 8.90. The second kappa shape index (κ2) is 11.5. The number of rotatable bonds is 8. The average molecular weight is 543 g/mol. The van der Waals surface area contributed by atoms with E-state index in [1.807, 2.05) is 0 Å². The number of anilines is 1. The van der Waals surface area contributed by atoms with Crippen molar-refractivity contribution in [2.24, 2.45) is 5.92 Å². The fourth-order valence-corrected chi connectivity index (χ4v) is 5.85. The lowest BCUT2D eigenvalue weighted by molar-refractivity contribution is -0.151. The summed E-state index contributed by atoms with van der Waals surface area (Å²) in [5, 5.41) is 0.413. The van der Waals surface area contributed by atoms with Gasteiger partial charge in [0, 0.05) is 13.1 Å². The summed E-state index contributed by atoms with van der Waals surface area (Å²) < 4.78 is 39.0. The van der Waals surface area contributed by atoms with Crippen LogP contribution >= 0.6 is 23.2 Å². The molecule has 0 atom stereocenters. The van der Waals surface area contributed by atoms with Crippen LogP contribution in [0.1, 0.15) is 25.3 Å². The van der Waals surface area contributed by atoms with Gasteiger partial charge in [0.2, 0.25) is 5.91 Å². The summed E-state index contributed by atoms with van der Waals surface area (Å²) in [7, 11) is -2.85. The van der Waals surface area contributed by atoms with Crippen molar-refractivity contribution in [2.45, 2.75) is 31.6 Å². The predicted octanol–water partition coefficient (Wildman–Crippen LogP) is 4.31. The fraction of sp³-hybridized carbons (Fsp3) is 0.417. The number of aryl methyl sites for hydroxylation is 1. The number of likely N-dealkylation sites (tertiary alicyclic amines) is 1. The van der Waals surface area contributed by atoms with Crippen LogP contribution in [0.5, 0.6) is 5.75 Å². The molecule has 1 aliphatic rings. The minimum absolute atomic E-state index is 0.0695. The zero-order chi connectivity index (χ0) is 25.8. The Morgan fingerprint density at radius 2 is 1.77 bits per heavy atom. The first-order chi connectivity index (χ1) is 16.6. The normalized spacial score (nSPS) is 14.5. The van der Waals surface area contributed by atoms with Gasteiger partial charge >= 0.3 is 5.97 Å². The van der Waals surface area contributed by atoms with Crippen LogP contribution in [0.2, 0.25) is 10.0 Å². The molecule has 1 fully saturated rings. The number of nitrogens with zero attached hydrogens (tertiary/aromatic N) is 2. The molecule has 1 saturated heterocycles. The number of benzene rings is 2. The average Bonchev–Trinajstić information content (AvgIpc) is 2.84. The SMILES string of the molecule is CCOC(=O)C1CCN(C(=O)CN(c2ccc(Cl)c(Cl)c2)S(=O)(=O)c2cc(C)ccc2OC)CC1. The summed E-state index contributed by atoms with van der Waals surface area (Å²) in [5.41, 5.74) is 0.906. The lowest BCUT2D eigenvalue weighted by Gasteiger charge is -2.33. The van der Waals surface area contributed by atoms with Crippen LogP contribution in [0.15, 0.2) is 41.3 Å². The van der Waals surface area contributed by atoms with Gasteiger partial charge in [-0.25, -0.2) is 8.42 Å². The van der Waals surface area contributed by atoms with Crippen molar-refractivity contribution in [3.05, 3.63) is 52.0 Å². The van der Waals surface area contributed by atoms with Crippen molar-refractivity contribution < 1.29 is 27.5 Å². The van der Waals surface area contributed by atoms with Crippen LogP contribution in [0, 0.1) is 12.8 Å². The van der Waals surface area contributed by atoms with E-state index in [2.05, 4.69) is 0 Å². The van der Waals surface area contributed by atoms with E-state index in [1.165, 1.54) is 31.4 Å². The highest BCUT2D eigenvalue weighted by atomic mass is 35.5. The van der Waals surface area contributed by atoms with E-state index in [1.54, 1.807) is 30.9 Å². The van der Waals surface area contributed by atoms with Crippen LogP contribution in [0.4, 0.5) is 5.69 Å². The first-order valence-electron chi connectivity index (χ1n) is 11.1. The van der Waals surface area contributed by atoms with Gasteiger partial charge in [0.05, 0.1) is 35.4 Å². The number of hydrogen-bond donors (Lipinski definition) is 0. The van der Waals surface area contributed by atoms with E-state index in [9.17, 15) is 18.0 Å². The Morgan fingerprint density at radius 1 is 1.09 bits per heavy atom. The molecule has 0 saturated carbocycles. The van der Waals surface area contributed by atoms with E-state index < -0.39 is 22.5 Å². The predicted molar refractivity (Wildman–Crippen MR) is 135 cm³/mol. The van der Waals surface area contributed by atoms with Gasteiger partial charge in [0.1, 0.15) is 17.2 Å². The maximum Gasteiger partial charge on any atom is 0.309 e. The van der Waals surface area contributed by atoms with E-state index in [4.69, 9.17) is 32.7 Å². The molecule has 1 amide bonds. The van der Waals surface area contributed by atoms with Gasteiger partial charge in [0.15, 0.2) is 0 Å². The first kappa shape index (κ1) is 27.1. The summed E-state index contributed by atoms with van der Waals surface area (Å²) in [4.78, 5) is 26.8. The van der Waals surface area contributed by atoms with Crippen LogP contribution in [-0.4, -0.2) is 58.5 Å². The van der Waals surface area contributed by atoms with Crippen LogP contribution in [0.3, 0.4) is 0 Å².